The molecule has 1 aromatic rings. The fraction of sp³-hybridized carbons (Fsp3) is 0.0833. The first-order chi connectivity index (χ1) is 7.06. The van der Waals surface area contributed by atoms with E-state index in [0.29, 0.717) is 10.1 Å². The van der Waals surface area contributed by atoms with Gasteiger partial charge in [0.05, 0.1) is 0 Å². The molecule has 0 unspecified atom stereocenters. The number of aliphatic carboxylic acids is 1. The van der Waals surface area contributed by atoms with Gasteiger partial charge in [0.2, 0.25) is 0 Å². The molecule has 0 aromatic heterocycles. The van der Waals surface area contributed by atoms with Crippen molar-refractivity contribution in [1.82, 2.24) is 0 Å². The Kier molecular flexibility index (Phi) is 3.86. The second-order valence-electron chi connectivity index (χ2n) is 3.07. The van der Waals surface area contributed by atoms with Gasteiger partial charge in [0.1, 0.15) is 0 Å². The minimum Gasteiger partial charge on any atom is -0.478 e. The molecule has 0 aliphatic heterocycles. The van der Waals surface area contributed by atoms with Gasteiger partial charge < -0.3 is 5.11 Å². The monoisotopic (exact) mass is 266 g/mol. The van der Waals surface area contributed by atoms with E-state index in [9.17, 15) is 4.79 Å². The molecule has 0 saturated heterocycles. The second-order valence-corrected chi connectivity index (χ2v) is 3.86. The van der Waals surface area contributed by atoms with Gasteiger partial charge in [-0.15, -0.1) is 0 Å². The fourth-order valence-corrected chi connectivity index (χ4v) is 1.51. The van der Waals surface area contributed by atoms with E-state index in [2.05, 4.69) is 22.5 Å². The third-order valence-electron chi connectivity index (χ3n) is 2.05. The van der Waals surface area contributed by atoms with Crippen LogP contribution in [0.4, 0.5) is 0 Å². The summed E-state index contributed by atoms with van der Waals surface area (Å²) in [6.45, 7) is 5.21. The Hall–Kier alpha value is -1.35. The highest BCUT2D eigenvalue weighted by atomic mass is 79.9. The molecule has 0 aliphatic carbocycles. The molecule has 15 heavy (non-hydrogen) atoms. The van der Waals surface area contributed by atoms with Crippen molar-refractivity contribution in [2.45, 2.75) is 6.92 Å². The zero-order valence-corrected chi connectivity index (χ0v) is 9.91. The average molecular weight is 267 g/mol. The van der Waals surface area contributed by atoms with E-state index in [1.807, 2.05) is 24.3 Å². The number of carbonyl (C=O) groups is 1. The lowest BCUT2D eigenvalue weighted by Crippen LogP contribution is -1.97. The van der Waals surface area contributed by atoms with Crippen molar-refractivity contribution in [1.29, 1.82) is 0 Å². The first-order valence-corrected chi connectivity index (χ1v) is 5.18. The van der Waals surface area contributed by atoms with Crippen molar-refractivity contribution in [2.24, 2.45) is 0 Å². The molecule has 0 bridgehead atoms. The van der Waals surface area contributed by atoms with E-state index in [-0.39, 0.29) is 0 Å². The smallest absolute Gasteiger partial charge is 0.332 e. The van der Waals surface area contributed by atoms with E-state index in [4.69, 9.17) is 5.11 Å². The maximum absolute atomic E-state index is 10.7. The number of rotatable bonds is 3. The molecule has 0 fully saturated rings. The SMILES string of the molecule is C=Cc1ccc(C(Br)=C(C)C(=O)O)cc1. The molecule has 78 valence electrons. The number of carboxylic acids is 1. The Morgan fingerprint density at radius 2 is 1.93 bits per heavy atom. The minimum absolute atomic E-state index is 0.293. The second kappa shape index (κ2) is 4.94. The van der Waals surface area contributed by atoms with Crippen LogP contribution in [0.15, 0.2) is 36.4 Å². The van der Waals surface area contributed by atoms with Gasteiger partial charge in [-0.3, -0.25) is 0 Å². The van der Waals surface area contributed by atoms with Crippen LogP contribution in [0.1, 0.15) is 18.1 Å². The van der Waals surface area contributed by atoms with Gasteiger partial charge in [-0.25, -0.2) is 4.79 Å². The zero-order chi connectivity index (χ0) is 11.4. The van der Waals surface area contributed by atoms with Gasteiger partial charge in [0.25, 0.3) is 0 Å². The number of benzene rings is 1. The highest BCUT2D eigenvalue weighted by Gasteiger charge is 2.08. The Labute approximate surface area is 97.1 Å². The molecule has 0 spiro atoms. The largest absolute Gasteiger partial charge is 0.478 e. The average Bonchev–Trinajstić information content (AvgIpc) is 2.27. The van der Waals surface area contributed by atoms with Crippen LogP contribution in [-0.4, -0.2) is 11.1 Å². The van der Waals surface area contributed by atoms with Crippen molar-refractivity contribution in [3.63, 3.8) is 0 Å². The molecule has 1 aromatic carbocycles. The lowest BCUT2D eigenvalue weighted by Gasteiger charge is -2.03. The molecule has 0 saturated carbocycles. The van der Waals surface area contributed by atoms with Crippen LogP contribution in [0.2, 0.25) is 0 Å². The van der Waals surface area contributed by atoms with Crippen molar-refractivity contribution in [3.8, 4) is 0 Å². The number of halogens is 1. The zero-order valence-electron chi connectivity index (χ0n) is 8.33. The first-order valence-electron chi connectivity index (χ1n) is 4.39. The summed E-state index contributed by atoms with van der Waals surface area (Å²) in [5, 5.41) is 8.81. The third kappa shape index (κ3) is 2.80. The Morgan fingerprint density at radius 1 is 1.40 bits per heavy atom. The van der Waals surface area contributed by atoms with Crippen LogP contribution in [-0.2, 0) is 4.79 Å². The molecule has 0 aliphatic rings. The van der Waals surface area contributed by atoms with Gasteiger partial charge in [0, 0.05) is 10.1 Å². The van der Waals surface area contributed by atoms with Crippen molar-refractivity contribution >= 4 is 32.5 Å². The summed E-state index contributed by atoms with van der Waals surface area (Å²) in [6, 6.07) is 7.48. The highest BCUT2D eigenvalue weighted by molar-refractivity contribution is 9.15. The molecule has 3 heteroatoms. The predicted octanol–water partition coefficient (Wildman–Crippen LogP) is 3.54. The lowest BCUT2D eigenvalue weighted by atomic mass is 10.1. The quantitative estimate of drug-likeness (QED) is 0.850. The number of hydrogen-bond acceptors (Lipinski definition) is 1. The molecule has 2 nitrogen and oxygen atoms in total. The summed E-state index contributed by atoms with van der Waals surface area (Å²) in [5.41, 5.74) is 2.15. The van der Waals surface area contributed by atoms with E-state index < -0.39 is 5.97 Å². The fourth-order valence-electron chi connectivity index (χ4n) is 1.08. The topological polar surface area (TPSA) is 37.3 Å². The normalized spacial score (nSPS) is 11.9. The van der Waals surface area contributed by atoms with Crippen LogP contribution in [0.5, 0.6) is 0 Å². The summed E-state index contributed by atoms with van der Waals surface area (Å²) in [4.78, 5) is 10.7. The maximum Gasteiger partial charge on any atom is 0.332 e. The van der Waals surface area contributed by atoms with Crippen molar-refractivity contribution in [3.05, 3.63) is 47.5 Å². The summed E-state index contributed by atoms with van der Waals surface area (Å²) in [6.07, 6.45) is 1.74. The number of carboxylic acid groups (broad SMARTS) is 1. The molecule has 0 atom stereocenters. The van der Waals surface area contributed by atoms with Gasteiger partial charge >= 0.3 is 5.97 Å². The van der Waals surface area contributed by atoms with Gasteiger partial charge in [-0.2, -0.15) is 0 Å². The van der Waals surface area contributed by atoms with E-state index in [1.54, 1.807) is 13.0 Å². The predicted molar refractivity (Wildman–Crippen MR) is 65.7 cm³/mol. The van der Waals surface area contributed by atoms with E-state index in [0.717, 1.165) is 11.1 Å². The Morgan fingerprint density at radius 3 is 2.33 bits per heavy atom. The Bertz CT molecular complexity index is 416. The van der Waals surface area contributed by atoms with Crippen LogP contribution in [0, 0.1) is 0 Å². The van der Waals surface area contributed by atoms with E-state index in [1.165, 1.54) is 0 Å². The summed E-state index contributed by atoms with van der Waals surface area (Å²) in [7, 11) is 0. The highest BCUT2D eigenvalue weighted by Crippen LogP contribution is 2.25. The van der Waals surface area contributed by atoms with Crippen LogP contribution in [0.25, 0.3) is 10.6 Å². The van der Waals surface area contributed by atoms with Crippen LogP contribution >= 0.6 is 15.9 Å². The number of hydrogen-bond donors (Lipinski definition) is 1. The minimum atomic E-state index is -0.922. The summed E-state index contributed by atoms with van der Waals surface area (Å²) >= 11 is 3.27. The van der Waals surface area contributed by atoms with Crippen molar-refractivity contribution < 1.29 is 9.90 Å². The molecule has 1 N–H and O–H groups in total. The molecule has 0 heterocycles. The van der Waals surface area contributed by atoms with Crippen LogP contribution < -0.4 is 0 Å². The lowest BCUT2D eigenvalue weighted by molar-refractivity contribution is -0.132. The van der Waals surface area contributed by atoms with Gasteiger partial charge in [0.15, 0.2) is 0 Å². The Balaban J connectivity index is 3.12. The molecule has 0 amide bonds. The summed E-state index contributed by atoms with van der Waals surface area (Å²) < 4.78 is 0.602. The molecule has 1 rings (SSSR count). The maximum atomic E-state index is 10.7. The van der Waals surface area contributed by atoms with Gasteiger partial charge in [-0.1, -0.05) is 36.9 Å². The standard InChI is InChI=1S/C12H11BrO2/c1-3-9-4-6-10(7-5-9)11(13)8(2)12(14)15/h3-7H,1H2,2H3,(H,14,15). The third-order valence-corrected chi connectivity index (χ3v) is 3.10. The molecule has 0 radical (unpaired) electrons. The van der Waals surface area contributed by atoms with E-state index >= 15 is 0 Å². The summed E-state index contributed by atoms with van der Waals surface area (Å²) in [5.74, 6) is -0.922. The first kappa shape index (κ1) is 11.7. The van der Waals surface area contributed by atoms with Crippen molar-refractivity contribution in [2.75, 3.05) is 0 Å². The molecular formula is C12H11BrO2. The van der Waals surface area contributed by atoms with Gasteiger partial charge in [-0.05, 0) is 34.0 Å². The molecular weight excluding hydrogens is 256 g/mol. The van der Waals surface area contributed by atoms with Crippen LogP contribution in [0.3, 0.4) is 0 Å².